The summed E-state index contributed by atoms with van der Waals surface area (Å²) in [5, 5.41) is 0. The first-order chi connectivity index (χ1) is 9.20. The largest absolute Gasteiger partial charge is 0.461 e. The molecule has 2 nitrogen and oxygen atoms in total. The normalized spacial score (nSPS) is 9.42. The Balaban J connectivity index is 0.000000362. The fourth-order valence-electron chi connectivity index (χ4n) is 1.61. The summed E-state index contributed by atoms with van der Waals surface area (Å²) in [7, 11) is 0. The van der Waals surface area contributed by atoms with Crippen molar-refractivity contribution in [3.05, 3.63) is 35.9 Å². The van der Waals surface area contributed by atoms with Gasteiger partial charge in [0.05, 0.1) is 0 Å². The number of benzene rings is 1. The molecule has 0 aromatic heterocycles. The molecule has 0 fully saturated rings. The molecule has 1 aromatic carbocycles. The van der Waals surface area contributed by atoms with E-state index in [1.165, 1.54) is 45.4 Å². The van der Waals surface area contributed by atoms with Crippen LogP contribution in [0.5, 0.6) is 0 Å². The van der Waals surface area contributed by atoms with Crippen molar-refractivity contribution < 1.29 is 9.53 Å². The van der Waals surface area contributed by atoms with E-state index >= 15 is 0 Å². The van der Waals surface area contributed by atoms with Crippen molar-refractivity contribution in [1.82, 2.24) is 0 Å². The smallest absolute Gasteiger partial charge is 0.302 e. The van der Waals surface area contributed by atoms with Crippen LogP contribution in [0.4, 0.5) is 0 Å². The summed E-state index contributed by atoms with van der Waals surface area (Å²) in [6.07, 6.45) is 8.49. The highest BCUT2D eigenvalue weighted by molar-refractivity contribution is 5.65. The molecule has 0 unspecified atom stereocenters. The van der Waals surface area contributed by atoms with E-state index in [-0.39, 0.29) is 5.97 Å². The van der Waals surface area contributed by atoms with Crippen LogP contribution in [0.15, 0.2) is 30.3 Å². The minimum absolute atomic E-state index is 0.242. The van der Waals surface area contributed by atoms with Gasteiger partial charge in [0.2, 0.25) is 0 Å². The molecule has 0 amide bonds. The molecule has 0 radical (unpaired) electrons. The molecule has 0 N–H and O–H groups in total. The molecular weight excluding hydrogens is 236 g/mol. The summed E-state index contributed by atoms with van der Waals surface area (Å²) < 4.78 is 4.79. The molecule has 2 heteroatoms. The van der Waals surface area contributed by atoms with Crippen molar-refractivity contribution in [3.63, 3.8) is 0 Å². The average molecular weight is 264 g/mol. The summed E-state index contributed by atoms with van der Waals surface area (Å²) in [6, 6.07) is 9.60. The lowest BCUT2D eigenvalue weighted by atomic mass is 10.1. The van der Waals surface area contributed by atoms with Crippen LogP contribution in [0.2, 0.25) is 0 Å². The third kappa shape index (κ3) is 12.9. The van der Waals surface area contributed by atoms with Gasteiger partial charge in [-0.05, 0) is 5.56 Å². The van der Waals surface area contributed by atoms with Crippen molar-refractivity contribution in [1.29, 1.82) is 0 Å². The van der Waals surface area contributed by atoms with Gasteiger partial charge >= 0.3 is 5.97 Å². The first-order valence-electron chi connectivity index (χ1n) is 7.38. The number of carbonyl (C=O) groups excluding carboxylic acids is 1. The predicted octanol–water partition coefficient (Wildman–Crippen LogP) is 5.12. The highest BCUT2D eigenvalue weighted by Crippen LogP contribution is 2.03. The van der Waals surface area contributed by atoms with Gasteiger partial charge in [0.25, 0.3) is 0 Å². The Kier molecular flexibility index (Phi) is 12.2. The third-order valence-corrected chi connectivity index (χ3v) is 2.74. The Labute approximate surface area is 118 Å². The molecule has 0 aliphatic heterocycles. The van der Waals surface area contributed by atoms with Gasteiger partial charge in [-0.2, -0.15) is 0 Å². The molecule has 0 bridgehead atoms. The third-order valence-electron chi connectivity index (χ3n) is 2.74. The van der Waals surface area contributed by atoms with Crippen LogP contribution in [0.1, 0.15) is 64.9 Å². The Morgan fingerprint density at radius 1 is 0.947 bits per heavy atom. The van der Waals surface area contributed by atoms with Gasteiger partial charge in [0, 0.05) is 6.92 Å². The lowest BCUT2D eigenvalue weighted by Gasteiger charge is -1.99. The Hall–Kier alpha value is -1.31. The minimum Gasteiger partial charge on any atom is -0.461 e. The summed E-state index contributed by atoms with van der Waals surface area (Å²) in [6.45, 7) is 6.29. The maximum atomic E-state index is 10.4. The van der Waals surface area contributed by atoms with E-state index in [1.807, 2.05) is 30.3 Å². The molecule has 0 aliphatic carbocycles. The number of rotatable bonds is 7. The number of hydrogen-bond acceptors (Lipinski definition) is 2. The fourth-order valence-corrected chi connectivity index (χ4v) is 1.61. The molecule has 1 aromatic rings. The number of ether oxygens (including phenoxy) is 1. The zero-order chi connectivity index (χ0) is 14.3. The summed E-state index contributed by atoms with van der Waals surface area (Å²) >= 11 is 0. The van der Waals surface area contributed by atoms with Crippen LogP contribution in [0, 0.1) is 0 Å². The van der Waals surface area contributed by atoms with Crippen molar-refractivity contribution >= 4 is 5.97 Å². The highest BCUT2D eigenvalue weighted by Gasteiger charge is 1.93. The monoisotopic (exact) mass is 264 g/mol. The number of esters is 1. The molecule has 0 aliphatic rings. The van der Waals surface area contributed by atoms with Crippen LogP contribution in [0.25, 0.3) is 0 Å². The van der Waals surface area contributed by atoms with Gasteiger partial charge in [-0.1, -0.05) is 82.7 Å². The van der Waals surface area contributed by atoms with Crippen LogP contribution in [0.3, 0.4) is 0 Å². The molecule has 0 heterocycles. The van der Waals surface area contributed by atoms with Gasteiger partial charge in [0.1, 0.15) is 6.61 Å². The zero-order valence-corrected chi connectivity index (χ0v) is 12.7. The van der Waals surface area contributed by atoms with E-state index in [4.69, 9.17) is 4.74 Å². The van der Waals surface area contributed by atoms with Gasteiger partial charge < -0.3 is 4.74 Å². The molecule has 0 spiro atoms. The van der Waals surface area contributed by atoms with E-state index < -0.39 is 0 Å². The van der Waals surface area contributed by atoms with E-state index in [2.05, 4.69) is 13.8 Å². The molecule has 0 saturated carbocycles. The average Bonchev–Trinajstić information content (AvgIpc) is 2.43. The summed E-state index contributed by atoms with van der Waals surface area (Å²) in [4.78, 5) is 10.4. The quantitative estimate of drug-likeness (QED) is 0.505. The van der Waals surface area contributed by atoms with Crippen molar-refractivity contribution in [2.45, 2.75) is 65.9 Å². The SMILES string of the molecule is CC(=O)OCc1ccccc1.CCCCCCCC. The lowest BCUT2D eigenvalue weighted by Crippen LogP contribution is -1.97. The zero-order valence-electron chi connectivity index (χ0n) is 12.7. The fraction of sp³-hybridized carbons (Fsp3) is 0.588. The number of unbranched alkanes of at least 4 members (excludes halogenated alkanes) is 5. The Morgan fingerprint density at radius 3 is 1.89 bits per heavy atom. The molecule has 19 heavy (non-hydrogen) atoms. The Bertz CT molecular complexity index is 300. The maximum absolute atomic E-state index is 10.4. The molecular formula is C17H28O2. The van der Waals surface area contributed by atoms with E-state index in [1.54, 1.807) is 0 Å². The predicted molar refractivity (Wildman–Crippen MR) is 81.0 cm³/mol. The van der Waals surface area contributed by atoms with Gasteiger partial charge in [-0.25, -0.2) is 0 Å². The standard InChI is InChI=1S/C9H10O2.C8H18/c1-8(10)11-7-9-5-3-2-4-6-9;1-3-5-7-8-6-4-2/h2-6H,7H2,1H3;3-8H2,1-2H3. The minimum atomic E-state index is -0.242. The first kappa shape index (κ1) is 17.7. The van der Waals surface area contributed by atoms with Crippen LogP contribution >= 0.6 is 0 Å². The molecule has 0 atom stereocenters. The van der Waals surface area contributed by atoms with Crippen molar-refractivity contribution in [2.24, 2.45) is 0 Å². The van der Waals surface area contributed by atoms with Gasteiger partial charge in [-0.15, -0.1) is 0 Å². The van der Waals surface area contributed by atoms with Crippen molar-refractivity contribution in [3.8, 4) is 0 Å². The second-order valence-corrected chi connectivity index (χ2v) is 4.68. The van der Waals surface area contributed by atoms with Crippen LogP contribution in [-0.2, 0) is 16.1 Å². The summed E-state index contributed by atoms with van der Waals surface area (Å²) in [5.41, 5.74) is 1.02. The summed E-state index contributed by atoms with van der Waals surface area (Å²) in [5.74, 6) is -0.242. The number of carbonyl (C=O) groups is 1. The molecule has 0 saturated heterocycles. The van der Waals surface area contributed by atoms with Gasteiger partial charge in [0.15, 0.2) is 0 Å². The van der Waals surface area contributed by atoms with E-state index in [0.717, 1.165) is 5.56 Å². The topological polar surface area (TPSA) is 26.3 Å². The highest BCUT2D eigenvalue weighted by atomic mass is 16.5. The van der Waals surface area contributed by atoms with Crippen LogP contribution in [-0.4, -0.2) is 5.97 Å². The second-order valence-electron chi connectivity index (χ2n) is 4.68. The second kappa shape index (κ2) is 13.1. The maximum Gasteiger partial charge on any atom is 0.302 e. The van der Waals surface area contributed by atoms with Gasteiger partial charge in [-0.3, -0.25) is 4.79 Å². The Morgan fingerprint density at radius 2 is 1.47 bits per heavy atom. The van der Waals surface area contributed by atoms with E-state index in [9.17, 15) is 4.79 Å². The first-order valence-corrected chi connectivity index (χ1v) is 7.38. The van der Waals surface area contributed by atoms with Crippen LogP contribution < -0.4 is 0 Å². The lowest BCUT2D eigenvalue weighted by molar-refractivity contribution is -0.142. The molecule has 1 rings (SSSR count). The van der Waals surface area contributed by atoms with E-state index in [0.29, 0.717) is 6.61 Å². The molecule has 108 valence electrons. The van der Waals surface area contributed by atoms with Crippen molar-refractivity contribution in [2.75, 3.05) is 0 Å². The number of hydrogen-bond donors (Lipinski definition) is 0.